The molecule has 0 aromatic carbocycles. The molecule has 0 radical (unpaired) electrons. The normalized spacial score (nSPS) is 9.80. The van der Waals surface area contributed by atoms with E-state index in [-0.39, 0.29) is 5.78 Å². The van der Waals surface area contributed by atoms with Crippen LogP contribution in [0.1, 0.15) is 17.5 Å². The Bertz CT molecular complexity index is 311. The van der Waals surface area contributed by atoms with Crippen LogP contribution in [0.15, 0.2) is 0 Å². The van der Waals surface area contributed by atoms with Gasteiger partial charge in [0, 0.05) is 14.0 Å². The van der Waals surface area contributed by atoms with Gasteiger partial charge in [-0.05, 0) is 12.2 Å². The predicted molar refractivity (Wildman–Crippen MR) is 38.4 cm³/mol. The highest BCUT2D eigenvalue weighted by atomic mass is 32.1. The minimum atomic E-state index is -0.0881. The molecule has 0 unspecified atom stereocenters. The van der Waals surface area contributed by atoms with Crippen molar-refractivity contribution in [2.75, 3.05) is 0 Å². The Morgan fingerprint density at radius 2 is 2.40 bits per heavy atom. The smallest absolute Gasteiger partial charge is 0.198 e. The lowest BCUT2D eigenvalue weighted by molar-refractivity contribution is 0.1000. The molecular weight excluding hydrogens is 150 g/mol. The molecule has 0 spiro atoms. The van der Waals surface area contributed by atoms with Crippen LogP contribution in [0.4, 0.5) is 0 Å². The van der Waals surface area contributed by atoms with Crippen molar-refractivity contribution >= 4 is 18.0 Å². The molecule has 1 rings (SSSR count). The van der Waals surface area contributed by atoms with Gasteiger partial charge in [-0.2, -0.15) is 5.10 Å². The molecule has 0 aliphatic heterocycles. The summed E-state index contributed by atoms with van der Waals surface area (Å²) in [5.41, 5.74) is 0. The predicted octanol–water partition coefficient (Wildman–Crippen LogP) is 0.680. The maximum atomic E-state index is 10.7. The summed E-state index contributed by atoms with van der Waals surface area (Å²) >= 11 is 4.79. The van der Waals surface area contributed by atoms with E-state index >= 15 is 0 Å². The quantitative estimate of drug-likeness (QED) is 0.481. The molecule has 0 bridgehead atoms. The van der Waals surface area contributed by atoms with Crippen molar-refractivity contribution in [1.82, 2.24) is 14.8 Å². The average molecular weight is 157 g/mol. The van der Waals surface area contributed by atoms with E-state index in [4.69, 9.17) is 12.2 Å². The lowest BCUT2D eigenvalue weighted by Gasteiger charge is -1.90. The molecule has 5 heteroatoms. The standard InChI is InChI=1S/C5H7N3OS/c1-3(9)4-6-7-5(10)8(4)2/h1-2H3,(H,7,10). The Labute approximate surface area is 62.9 Å². The first-order chi connectivity index (χ1) is 4.63. The topological polar surface area (TPSA) is 50.7 Å². The number of H-pyrrole nitrogens is 1. The van der Waals surface area contributed by atoms with Gasteiger partial charge in [0.2, 0.25) is 0 Å². The summed E-state index contributed by atoms with van der Waals surface area (Å²) in [7, 11) is 1.70. The molecule has 0 aliphatic rings. The third-order valence-corrected chi connectivity index (χ3v) is 1.56. The van der Waals surface area contributed by atoms with Gasteiger partial charge in [-0.25, -0.2) is 0 Å². The fourth-order valence-corrected chi connectivity index (χ4v) is 0.794. The van der Waals surface area contributed by atoms with Gasteiger partial charge in [0.1, 0.15) is 0 Å². The first kappa shape index (κ1) is 7.14. The Kier molecular flexibility index (Phi) is 1.67. The van der Waals surface area contributed by atoms with E-state index in [1.807, 2.05) is 0 Å². The lowest BCUT2D eigenvalue weighted by Crippen LogP contribution is -2.02. The van der Waals surface area contributed by atoms with Gasteiger partial charge in [0.25, 0.3) is 0 Å². The van der Waals surface area contributed by atoms with Gasteiger partial charge in [-0.15, -0.1) is 0 Å². The van der Waals surface area contributed by atoms with Crippen molar-refractivity contribution in [3.8, 4) is 0 Å². The van der Waals surface area contributed by atoms with Gasteiger partial charge in [-0.3, -0.25) is 9.89 Å². The average Bonchev–Trinajstić information content (AvgIpc) is 2.14. The highest BCUT2D eigenvalue weighted by Gasteiger charge is 2.05. The van der Waals surface area contributed by atoms with Crippen molar-refractivity contribution in [3.05, 3.63) is 10.6 Å². The molecule has 0 fully saturated rings. The van der Waals surface area contributed by atoms with Gasteiger partial charge in [0.05, 0.1) is 0 Å². The Morgan fingerprint density at radius 1 is 1.80 bits per heavy atom. The molecule has 0 saturated carbocycles. The lowest BCUT2D eigenvalue weighted by atomic mass is 10.4. The monoisotopic (exact) mass is 157 g/mol. The third kappa shape index (κ3) is 0.995. The second-order valence-electron chi connectivity index (χ2n) is 1.97. The number of Topliss-reactive ketones (excluding diaryl/α,β-unsaturated/α-hetero) is 1. The van der Waals surface area contributed by atoms with Gasteiger partial charge in [0.15, 0.2) is 16.4 Å². The van der Waals surface area contributed by atoms with E-state index in [0.717, 1.165) is 0 Å². The van der Waals surface area contributed by atoms with Crippen LogP contribution in [0.5, 0.6) is 0 Å². The fraction of sp³-hybridized carbons (Fsp3) is 0.400. The second kappa shape index (κ2) is 2.34. The summed E-state index contributed by atoms with van der Waals surface area (Å²) in [6, 6.07) is 0. The molecule has 0 amide bonds. The molecule has 4 nitrogen and oxygen atoms in total. The number of carbonyl (C=O) groups excluding carboxylic acids is 1. The summed E-state index contributed by atoms with van der Waals surface area (Å²) in [5.74, 6) is 0.278. The Hall–Kier alpha value is -0.970. The van der Waals surface area contributed by atoms with Crippen molar-refractivity contribution < 1.29 is 4.79 Å². The van der Waals surface area contributed by atoms with Crippen LogP contribution in [-0.2, 0) is 7.05 Å². The van der Waals surface area contributed by atoms with E-state index in [9.17, 15) is 4.79 Å². The van der Waals surface area contributed by atoms with E-state index in [1.165, 1.54) is 11.5 Å². The van der Waals surface area contributed by atoms with Crippen molar-refractivity contribution in [1.29, 1.82) is 0 Å². The molecule has 0 saturated heterocycles. The molecule has 1 aromatic rings. The van der Waals surface area contributed by atoms with Gasteiger partial charge < -0.3 is 4.57 Å². The number of nitrogens with zero attached hydrogens (tertiary/aromatic N) is 2. The number of carbonyl (C=O) groups is 1. The summed E-state index contributed by atoms with van der Waals surface area (Å²) in [6.07, 6.45) is 0. The summed E-state index contributed by atoms with van der Waals surface area (Å²) in [4.78, 5) is 10.7. The van der Waals surface area contributed by atoms with Crippen molar-refractivity contribution in [2.24, 2.45) is 7.05 Å². The maximum absolute atomic E-state index is 10.7. The minimum absolute atomic E-state index is 0.0881. The molecule has 0 aliphatic carbocycles. The number of hydrogen-bond donors (Lipinski definition) is 1. The van der Waals surface area contributed by atoms with Crippen LogP contribution in [-0.4, -0.2) is 20.5 Å². The van der Waals surface area contributed by atoms with Gasteiger partial charge >= 0.3 is 0 Å². The summed E-state index contributed by atoms with van der Waals surface area (Å²) < 4.78 is 2.00. The van der Waals surface area contributed by atoms with E-state index < -0.39 is 0 Å². The van der Waals surface area contributed by atoms with Crippen LogP contribution in [0.2, 0.25) is 0 Å². The third-order valence-electron chi connectivity index (χ3n) is 1.19. The number of aromatic nitrogens is 3. The van der Waals surface area contributed by atoms with Gasteiger partial charge in [-0.1, -0.05) is 0 Å². The van der Waals surface area contributed by atoms with E-state index in [1.54, 1.807) is 7.05 Å². The first-order valence-electron chi connectivity index (χ1n) is 2.75. The minimum Gasteiger partial charge on any atom is -0.301 e. The Morgan fingerprint density at radius 3 is 2.60 bits per heavy atom. The largest absolute Gasteiger partial charge is 0.301 e. The highest BCUT2D eigenvalue weighted by molar-refractivity contribution is 7.71. The molecule has 54 valence electrons. The molecule has 1 N–H and O–H groups in total. The zero-order valence-electron chi connectivity index (χ0n) is 5.71. The fourth-order valence-electron chi connectivity index (χ4n) is 0.662. The zero-order valence-corrected chi connectivity index (χ0v) is 6.53. The molecule has 1 aromatic heterocycles. The number of nitrogens with one attached hydrogen (secondary N) is 1. The van der Waals surface area contributed by atoms with Crippen LogP contribution in [0.3, 0.4) is 0 Å². The van der Waals surface area contributed by atoms with Crippen molar-refractivity contribution in [3.63, 3.8) is 0 Å². The van der Waals surface area contributed by atoms with Crippen molar-refractivity contribution in [2.45, 2.75) is 6.92 Å². The number of hydrogen-bond acceptors (Lipinski definition) is 3. The SMILES string of the molecule is CC(=O)c1n[nH]c(=S)n1C. The number of ketones is 1. The van der Waals surface area contributed by atoms with Crippen LogP contribution in [0.25, 0.3) is 0 Å². The van der Waals surface area contributed by atoms with Crippen LogP contribution in [0, 0.1) is 4.77 Å². The van der Waals surface area contributed by atoms with E-state index in [0.29, 0.717) is 10.6 Å². The molecular formula is C5H7N3OS. The summed E-state index contributed by atoms with van der Waals surface area (Å²) in [6.45, 7) is 1.45. The zero-order chi connectivity index (χ0) is 7.72. The van der Waals surface area contributed by atoms with Crippen LogP contribution >= 0.6 is 12.2 Å². The molecule has 0 atom stereocenters. The van der Waals surface area contributed by atoms with Crippen LogP contribution < -0.4 is 0 Å². The Balaban J connectivity index is 3.31. The molecule has 1 heterocycles. The number of rotatable bonds is 1. The molecule has 10 heavy (non-hydrogen) atoms. The van der Waals surface area contributed by atoms with E-state index in [2.05, 4.69) is 10.2 Å². The maximum Gasteiger partial charge on any atom is 0.198 e. The number of aromatic amines is 1. The second-order valence-corrected chi connectivity index (χ2v) is 2.35. The first-order valence-corrected chi connectivity index (χ1v) is 3.16. The summed E-state index contributed by atoms with van der Waals surface area (Å²) in [5, 5.41) is 6.22. The highest BCUT2D eigenvalue weighted by Crippen LogP contribution is 1.93.